The number of halogens is 1. The van der Waals surface area contributed by atoms with Crippen molar-refractivity contribution in [3.63, 3.8) is 0 Å². The molecule has 0 spiro atoms. The van der Waals surface area contributed by atoms with Gasteiger partial charge < -0.3 is 5.73 Å². The summed E-state index contributed by atoms with van der Waals surface area (Å²) in [5, 5.41) is 0.448. The zero-order valence-corrected chi connectivity index (χ0v) is 7.06. The average molecular weight is 174 g/mol. The van der Waals surface area contributed by atoms with Crippen molar-refractivity contribution >= 4 is 22.7 Å². The van der Waals surface area contributed by atoms with Crippen molar-refractivity contribution in [3.05, 3.63) is 11.6 Å². The molecule has 0 fully saturated rings. The standard InChI is InChI=1S/C7H9ClN2O/c1-10-4-2-3-5(6(10)8)7(9)11/h3H,2,4H2,1H3,(H-,9,11)/p+1. The molecule has 0 radical (unpaired) electrons. The molecule has 3 nitrogen and oxygen atoms in total. The van der Waals surface area contributed by atoms with Crippen molar-refractivity contribution in [3.8, 4) is 0 Å². The molecule has 0 atom stereocenters. The van der Waals surface area contributed by atoms with Gasteiger partial charge in [0.15, 0.2) is 0 Å². The van der Waals surface area contributed by atoms with Crippen LogP contribution in [0.25, 0.3) is 0 Å². The second kappa shape index (κ2) is 3.05. The van der Waals surface area contributed by atoms with Crippen LogP contribution in [0.15, 0.2) is 11.6 Å². The molecular formula is C7H10ClN2O+. The van der Waals surface area contributed by atoms with Crippen LogP contribution in [-0.4, -0.2) is 29.2 Å². The van der Waals surface area contributed by atoms with Crippen molar-refractivity contribution in [1.82, 2.24) is 0 Å². The summed E-state index contributed by atoms with van der Waals surface area (Å²) in [7, 11) is 1.83. The van der Waals surface area contributed by atoms with Crippen LogP contribution >= 0.6 is 11.6 Å². The van der Waals surface area contributed by atoms with E-state index in [4.69, 9.17) is 17.3 Å². The fourth-order valence-electron chi connectivity index (χ4n) is 0.993. The Morgan fingerprint density at radius 1 is 1.82 bits per heavy atom. The molecule has 4 heteroatoms. The third-order valence-electron chi connectivity index (χ3n) is 1.64. The third kappa shape index (κ3) is 1.60. The van der Waals surface area contributed by atoms with Gasteiger partial charge in [-0.2, -0.15) is 0 Å². The number of hydrogen-bond acceptors (Lipinski definition) is 1. The van der Waals surface area contributed by atoms with Gasteiger partial charge in [0, 0.05) is 6.42 Å². The molecule has 0 aromatic carbocycles. The summed E-state index contributed by atoms with van der Waals surface area (Å²) in [6.45, 7) is 0.843. The number of carbonyl (C=O) groups is 1. The normalized spacial score (nSPS) is 18.2. The summed E-state index contributed by atoms with van der Waals surface area (Å²) in [5.41, 5.74) is 5.51. The number of amides is 1. The molecule has 0 aromatic heterocycles. The number of nitrogens with zero attached hydrogens (tertiary/aromatic N) is 1. The molecule has 0 saturated carbocycles. The quantitative estimate of drug-likeness (QED) is 0.561. The van der Waals surface area contributed by atoms with E-state index in [1.807, 2.05) is 11.6 Å². The van der Waals surface area contributed by atoms with Crippen LogP contribution < -0.4 is 5.73 Å². The number of hydrogen-bond donors (Lipinski definition) is 1. The lowest BCUT2D eigenvalue weighted by molar-refractivity contribution is -0.494. The average Bonchev–Trinajstić information content (AvgIpc) is 1.94. The van der Waals surface area contributed by atoms with Crippen molar-refractivity contribution in [2.45, 2.75) is 6.42 Å². The SMILES string of the molecule is C[N+]1=C(Cl)C(C(N)=O)=CCC1. The molecule has 1 amide bonds. The topological polar surface area (TPSA) is 46.1 Å². The second-order valence-corrected chi connectivity index (χ2v) is 2.84. The van der Waals surface area contributed by atoms with Gasteiger partial charge in [0.1, 0.15) is 19.2 Å². The molecule has 1 aliphatic rings. The Morgan fingerprint density at radius 3 is 2.91 bits per heavy atom. The minimum atomic E-state index is -0.457. The Bertz CT molecular complexity index is 255. The van der Waals surface area contributed by atoms with E-state index >= 15 is 0 Å². The molecule has 0 saturated heterocycles. The summed E-state index contributed by atoms with van der Waals surface area (Å²) in [5.74, 6) is -0.457. The largest absolute Gasteiger partial charge is 0.365 e. The predicted molar refractivity (Wildman–Crippen MR) is 43.8 cm³/mol. The van der Waals surface area contributed by atoms with Crippen molar-refractivity contribution in [1.29, 1.82) is 0 Å². The summed E-state index contributed by atoms with van der Waals surface area (Å²) in [4.78, 5) is 10.7. The van der Waals surface area contributed by atoms with Crippen LogP contribution in [0.4, 0.5) is 0 Å². The highest BCUT2D eigenvalue weighted by Crippen LogP contribution is 2.08. The minimum Gasteiger partial charge on any atom is -0.365 e. The Kier molecular flexibility index (Phi) is 2.29. The Hall–Kier alpha value is -0.830. The van der Waals surface area contributed by atoms with Crippen molar-refractivity contribution in [2.75, 3.05) is 13.6 Å². The van der Waals surface area contributed by atoms with Crippen LogP contribution in [0.5, 0.6) is 0 Å². The molecule has 60 valence electrons. The maximum atomic E-state index is 10.7. The van der Waals surface area contributed by atoms with E-state index in [2.05, 4.69) is 0 Å². The maximum absolute atomic E-state index is 10.7. The summed E-state index contributed by atoms with van der Waals surface area (Å²) in [6.07, 6.45) is 2.59. The second-order valence-electron chi connectivity index (χ2n) is 2.48. The van der Waals surface area contributed by atoms with Crippen LogP contribution in [0, 0.1) is 0 Å². The lowest BCUT2D eigenvalue weighted by Crippen LogP contribution is -2.27. The molecule has 1 heterocycles. The molecule has 1 aliphatic heterocycles. The van der Waals surface area contributed by atoms with E-state index in [0.717, 1.165) is 13.0 Å². The highest BCUT2D eigenvalue weighted by molar-refractivity contribution is 6.70. The van der Waals surface area contributed by atoms with Gasteiger partial charge in [0.05, 0.1) is 0 Å². The first-order valence-electron chi connectivity index (χ1n) is 3.37. The number of rotatable bonds is 1. The molecule has 1 rings (SSSR count). The number of primary amides is 1. The predicted octanol–water partition coefficient (Wildman–Crippen LogP) is 0.0814. The van der Waals surface area contributed by atoms with Gasteiger partial charge in [0.2, 0.25) is 0 Å². The third-order valence-corrected chi connectivity index (χ3v) is 2.13. The van der Waals surface area contributed by atoms with Crippen LogP contribution in [0.2, 0.25) is 0 Å². The first-order valence-corrected chi connectivity index (χ1v) is 3.74. The van der Waals surface area contributed by atoms with Crippen LogP contribution in [0.1, 0.15) is 6.42 Å². The van der Waals surface area contributed by atoms with Gasteiger partial charge in [-0.05, 0) is 11.6 Å². The van der Waals surface area contributed by atoms with Gasteiger partial charge in [-0.15, -0.1) is 0 Å². The Balaban J connectivity index is 2.98. The molecular weight excluding hydrogens is 164 g/mol. The van der Waals surface area contributed by atoms with Gasteiger partial charge in [-0.1, -0.05) is 6.08 Å². The van der Waals surface area contributed by atoms with E-state index in [1.54, 1.807) is 6.08 Å². The lowest BCUT2D eigenvalue weighted by Gasteiger charge is -2.06. The van der Waals surface area contributed by atoms with E-state index in [-0.39, 0.29) is 0 Å². The highest BCUT2D eigenvalue weighted by atomic mass is 35.5. The molecule has 2 N–H and O–H groups in total. The fourth-order valence-corrected chi connectivity index (χ4v) is 1.25. The maximum Gasteiger partial charge on any atom is 0.281 e. The fraction of sp³-hybridized carbons (Fsp3) is 0.429. The van der Waals surface area contributed by atoms with Crippen LogP contribution in [-0.2, 0) is 4.79 Å². The monoisotopic (exact) mass is 173 g/mol. The number of carbonyl (C=O) groups excluding carboxylic acids is 1. The van der Waals surface area contributed by atoms with Crippen LogP contribution in [0.3, 0.4) is 0 Å². The first-order chi connectivity index (χ1) is 5.13. The van der Waals surface area contributed by atoms with Gasteiger partial charge >= 0.3 is 0 Å². The molecule has 0 aliphatic carbocycles. The van der Waals surface area contributed by atoms with E-state index in [1.165, 1.54) is 0 Å². The Morgan fingerprint density at radius 2 is 2.45 bits per heavy atom. The molecule has 11 heavy (non-hydrogen) atoms. The number of nitrogens with two attached hydrogens (primary N) is 1. The smallest absolute Gasteiger partial charge is 0.281 e. The summed E-state index contributed by atoms with van der Waals surface area (Å²) < 4.78 is 1.81. The highest BCUT2D eigenvalue weighted by Gasteiger charge is 2.22. The van der Waals surface area contributed by atoms with Gasteiger partial charge in [-0.3, -0.25) is 4.79 Å². The summed E-state index contributed by atoms with van der Waals surface area (Å²) >= 11 is 5.80. The summed E-state index contributed by atoms with van der Waals surface area (Å²) in [6, 6.07) is 0. The van der Waals surface area contributed by atoms with Crippen molar-refractivity contribution < 1.29 is 9.37 Å². The zero-order chi connectivity index (χ0) is 8.43. The van der Waals surface area contributed by atoms with Gasteiger partial charge in [-0.25, -0.2) is 4.58 Å². The molecule has 0 aromatic rings. The Labute approximate surface area is 70.1 Å². The minimum absolute atomic E-state index is 0.431. The van der Waals surface area contributed by atoms with Gasteiger partial charge in [0.25, 0.3) is 11.1 Å². The van der Waals surface area contributed by atoms with E-state index in [9.17, 15) is 4.79 Å². The molecule has 0 unspecified atom stereocenters. The molecule has 0 bridgehead atoms. The van der Waals surface area contributed by atoms with E-state index < -0.39 is 5.91 Å². The van der Waals surface area contributed by atoms with E-state index in [0.29, 0.717) is 10.7 Å². The first kappa shape index (κ1) is 8.27. The van der Waals surface area contributed by atoms with Crippen molar-refractivity contribution in [2.24, 2.45) is 5.73 Å². The lowest BCUT2D eigenvalue weighted by atomic mass is 10.2. The zero-order valence-electron chi connectivity index (χ0n) is 6.30.